The summed E-state index contributed by atoms with van der Waals surface area (Å²) in [6.45, 7) is -0.0840. The Morgan fingerprint density at radius 2 is 1.96 bits per heavy atom. The molecule has 8 heteroatoms. The minimum absolute atomic E-state index is 0.0840. The maximum Gasteiger partial charge on any atom is 0.329 e. The van der Waals surface area contributed by atoms with E-state index in [9.17, 15) is 14.7 Å². The number of aromatic nitrogens is 3. The number of para-hydroxylation sites is 2. The Balaban J connectivity index is 1.51. The molecule has 4 rings (SSSR count). The van der Waals surface area contributed by atoms with Gasteiger partial charge >= 0.3 is 5.69 Å². The minimum atomic E-state index is -0.828. The van der Waals surface area contributed by atoms with Crippen LogP contribution in [0.5, 0.6) is 0 Å². The largest absolute Gasteiger partial charge is 0.384 e. The van der Waals surface area contributed by atoms with Crippen LogP contribution in [0.3, 0.4) is 0 Å². The van der Waals surface area contributed by atoms with E-state index in [1.165, 1.54) is 20.5 Å². The number of aliphatic hydroxyl groups is 1. The van der Waals surface area contributed by atoms with Gasteiger partial charge in [0.1, 0.15) is 12.1 Å². The molecular formula is C19H22N4O3S. The molecule has 1 aliphatic rings. The molecular weight excluding hydrogens is 364 g/mol. The van der Waals surface area contributed by atoms with E-state index in [1.54, 1.807) is 13.2 Å². The average molecular weight is 386 g/mol. The first kappa shape index (κ1) is 17.9. The van der Waals surface area contributed by atoms with Crippen molar-refractivity contribution in [3.63, 3.8) is 0 Å². The minimum Gasteiger partial charge on any atom is -0.384 e. The van der Waals surface area contributed by atoms with Crippen molar-refractivity contribution in [3.05, 3.63) is 45.8 Å². The van der Waals surface area contributed by atoms with Gasteiger partial charge in [0.2, 0.25) is 5.91 Å². The highest BCUT2D eigenvalue weighted by atomic mass is 32.1. The van der Waals surface area contributed by atoms with Crippen LogP contribution in [0.15, 0.2) is 35.3 Å². The van der Waals surface area contributed by atoms with Crippen molar-refractivity contribution in [2.45, 2.75) is 44.2 Å². The highest BCUT2D eigenvalue weighted by Gasteiger charge is 2.33. The first-order chi connectivity index (χ1) is 13.0. The number of thiazole rings is 1. The summed E-state index contributed by atoms with van der Waals surface area (Å²) in [5.41, 5.74) is 0.441. The molecule has 3 aromatic rings. The van der Waals surface area contributed by atoms with Crippen LogP contribution in [0.2, 0.25) is 0 Å². The summed E-state index contributed by atoms with van der Waals surface area (Å²) in [7, 11) is 1.69. The van der Waals surface area contributed by atoms with Gasteiger partial charge < -0.3 is 10.4 Å². The molecule has 7 nitrogen and oxygen atoms in total. The van der Waals surface area contributed by atoms with Gasteiger partial charge in [-0.15, -0.1) is 0 Å². The summed E-state index contributed by atoms with van der Waals surface area (Å²) in [6, 6.07) is 7.38. The standard InChI is InChI=1S/C19H22N4O3S/c1-22-13-7-3-4-8-14(13)23(18(22)25)12-16(24)21-17-20-11-15(27-17)19(26)9-5-2-6-10-19/h3-4,7-8,11,26H,2,5-6,9-10,12H2,1H3,(H,20,21,24). The Hall–Kier alpha value is -2.45. The van der Waals surface area contributed by atoms with Gasteiger partial charge in [-0.2, -0.15) is 0 Å². The van der Waals surface area contributed by atoms with Gasteiger partial charge in [-0.3, -0.25) is 13.9 Å². The molecule has 0 atom stereocenters. The van der Waals surface area contributed by atoms with Crippen molar-refractivity contribution in [2.24, 2.45) is 7.05 Å². The lowest BCUT2D eigenvalue weighted by Crippen LogP contribution is -2.28. The molecule has 2 N–H and O–H groups in total. The molecule has 0 radical (unpaired) electrons. The summed E-state index contributed by atoms with van der Waals surface area (Å²) in [6.07, 6.45) is 6.25. The van der Waals surface area contributed by atoms with Gasteiger partial charge in [0.05, 0.1) is 15.9 Å². The zero-order valence-electron chi connectivity index (χ0n) is 15.1. The summed E-state index contributed by atoms with van der Waals surface area (Å²) in [5.74, 6) is -0.315. The topological polar surface area (TPSA) is 89.2 Å². The Labute approximate surface area is 160 Å². The summed E-state index contributed by atoms with van der Waals surface area (Å²) in [4.78, 5) is 29.9. The van der Waals surface area contributed by atoms with Crippen molar-refractivity contribution in [1.82, 2.24) is 14.1 Å². The molecule has 1 aromatic carbocycles. The van der Waals surface area contributed by atoms with Gasteiger partial charge in [-0.1, -0.05) is 42.7 Å². The Bertz CT molecular complexity index is 1040. The Kier molecular flexibility index (Phi) is 4.61. The molecule has 0 bridgehead atoms. The molecule has 0 saturated heterocycles. The van der Waals surface area contributed by atoms with Crippen LogP contribution in [0.4, 0.5) is 5.13 Å². The van der Waals surface area contributed by atoms with Crippen molar-refractivity contribution < 1.29 is 9.90 Å². The van der Waals surface area contributed by atoms with E-state index in [1.807, 2.05) is 24.3 Å². The second-order valence-electron chi connectivity index (χ2n) is 7.09. The second kappa shape index (κ2) is 6.94. The maximum absolute atomic E-state index is 12.5. The number of amides is 1. The van der Waals surface area contributed by atoms with E-state index >= 15 is 0 Å². The number of imidazole rings is 1. The van der Waals surface area contributed by atoms with E-state index < -0.39 is 5.60 Å². The third-order valence-corrected chi connectivity index (χ3v) is 6.35. The molecule has 2 heterocycles. The number of benzene rings is 1. The number of nitrogens with one attached hydrogen (secondary N) is 1. The molecule has 0 aliphatic heterocycles. The highest BCUT2D eigenvalue weighted by molar-refractivity contribution is 7.15. The number of nitrogens with zero attached hydrogens (tertiary/aromatic N) is 3. The van der Waals surface area contributed by atoms with Crippen LogP contribution in [0.25, 0.3) is 11.0 Å². The molecule has 2 aromatic heterocycles. The fourth-order valence-electron chi connectivity index (χ4n) is 3.75. The van der Waals surface area contributed by atoms with Crippen LogP contribution in [-0.4, -0.2) is 25.1 Å². The van der Waals surface area contributed by atoms with E-state index in [0.29, 0.717) is 5.13 Å². The number of hydrogen-bond donors (Lipinski definition) is 2. The highest BCUT2D eigenvalue weighted by Crippen LogP contribution is 2.40. The van der Waals surface area contributed by atoms with Crippen LogP contribution >= 0.6 is 11.3 Å². The van der Waals surface area contributed by atoms with Crippen molar-refractivity contribution in [2.75, 3.05) is 5.32 Å². The van der Waals surface area contributed by atoms with Crippen molar-refractivity contribution in [1.29, 1.82) is 0 Å². The van der Waals surface area contributed by atoms with E-state index in [-0.39, 0.29) is 18.1 Å². The molecule has 1 amide bonds. The van der Waals surface area contributed by atoms with Crippen LogP contribution in [-0.2, 0) is 24.0 Å². The van der Waals surface area contributed by atoms with Crippen LogP contribution in [0, 0.1) is 0 Å². The molecule has 1 aliphatic carbocycles. The van der Waals surface area contributed by atoms with Gasteiger partial charge in [0.15, 0.2) is 5.13 Å². The zero-order chi connectivity index (χ0) is 19.0. The molecule has 0 unspecified atom stereocenters. The number of rotatable bonds is 4. The lowest BCUT2D eigenvalue weighted by atomic mass is 9.84. The summed E-state index contributed by atoms with van der Waals surface area (Å²) in [5, 5.41) is 14.0. The molecule has 0 spiro atoms. The number of carbonyl (C=O) groups is 1. The number of fused-ring (bicyclic) bond motifs is 1. The maximum atomic E-state index is 12.5. The molecule has 1 fully saturated rings. The molecule has 27 heavy (non-hydrogen) atoms. The fraction of sp³-hybridized carbons (Fsp3) is 0.421. The lowest BCUT2D eigenvalue weighted by molar-refractivity contribution is -0.116. The van der Waals surface area contributed by atoms with Gasteiger partial charge in [-0.05, 0) is 25.0 Å². The van der Waals surface area contributed by atoms with Gasteiger partial charge in [0, 0.05) is 13.2 Å². The van der Waals surface area contributed by atoms with E-state index in [2.05, 4.69) is 10.3 Å². The fourth-order valence-corrected chi connectivity index (χ4v) is 4.73. The number of aryl methyl sites for hydroxylation is 1. The van der Waals surface area contributed by atoms with E-state index in [0.717, 1.165) is 48.0 Å². The smallest absolute Gasteiger partial charge is 0.329 e. The lowest BCUT2D eigenvalue weighted by Gasteiger charge is -2.30. The first-order valence-corrected chi connectivity index (χ1v) is 9.92. The predicted molar refractivity (Wildman–Crippen MR) is 105 cm³/mol. The first-order valence-electron chi connectivity index (χ1n) is 9.11. The zero-order valence-corrected chi connectivity index (χ0v) is 16.0. The Morgan fingerprint density at radius 1 is 1.26 bits per heavy atom. The van der Waals surface area contributed by atoms with Crippen LogP contribution < -0.4 is 11.0 Å². The monoisotopic (exact) mass is 386 g/mol. The van der Waals surface area contributed by atoms with E-state index in [4.69, 9.17) is 0 Å². The predicted octanol–water partition coefficient (Wildman–Crippen LogP) is 2.59. The van der Waals surface area contributed by atoms with Gasteiger partial charge in [0.25, 0.3) is 0 Å². The summed E-state index contributed by atoms with van der Waals surface area (Å²) >= 11 is 1.30. The second-order valence-corrected chi connectivity index (χ2v) is 8.12. The van der Waals surface area contributed by atoms with Gasteiger partial charge in [-0.25, -0.2) is 9.78 Å². The molecule has 1 saturated carbocycles. The third-order valence-electron chi connectivity index (χ3n) is 5.24. The average Bonchev–Trinajstić information content (AvgIpc) is 3.23. The van der Waals surface area contributed by atoms with Crippen molar-refractivity contribution >= 4 is 33.4 Å². The Morgan fingerprint density at radius 3 is 2.70 bits per heavy atom. The van der Waals surface area contributed by atoms with Crippen LogP contribution in [0.1, 0.15) is 37.0 Å². The molecule has 142 valence electrons. The number of anilines is 1. The SMILES string of the molecule is Cn1c(=O)n(CC(=O)Nc2ncc(C3(O)CCCCC3)s2)c2ccccc21. The normalized spacial score (nSPS) is 16.5. The number of carbonyl (C=O) groups excluding carboxylic acids is 1. The third kappa shape index (κ3) is 3.30. The quantitative estimate of drug-likeness (QED) is 0.721. The number of hydrogen-bond acceptors (Lipinski definition) is 5. The summed E-state index contributed by atoms with van der Waals surface area (Å²) < 4.78 is 2.98. The van der Waals surface area contributed by atoms with Crippen molar-refractivity contribution in [3.8, 4) is 0 Å².